The lowest BCUT2D eigenvalue weighted by Crippen LogP contribution is -2.17. The molecule has 0 radical (unpaired) electrons. The van der Waals surface area contributed by atoms with E-state index < -0.39 is 0 Å². The second kappa shape index (κ2) is 6.93. The molecule has 20 heavy (non-hydrogen) atoms. The van der Waals surface area contributed by atoms with Gasteiger partial charge in [-0.1, -0.05) is 29.8 Å². The van der Waals surface area contributed by atoms with Gasteiger partial charge in [-0.15, -0.1) is 0 Å². The number of furan rings is 1. The topological polar surface area (TPSA) is 28.4 Å². The van der Waals surface area contributed by atoms with E-state index in [1.54, 1.807) is 0 Å². The number of hydrogen-bond donors (Lipinski definition) is 1. The van der Waals surface area contributed by atoms with E-state index in [4.69, 9.17) is 16.0 Å². The molecule has 1 N–H and O–H groups in total. The van der Waals surface area contributed by atoms with Gasteiger partial charge >= 0.3 is 0 Å². The van der Waals surface area contributed by atoms with Crippen molar-refractivity contribution in [2.75, 3.05) is 14.1 Å². The molecule has 0 saturated heterocycles. The summed E-state index contributed by atoms with van der Waals surface area (Å²) in [5, 5.41) is 3.96. The van der Waals surface area contributed by atoms with Crippen molar-refractivity contribution < 1.29 is 4.42 Å². The number of benzene rings is 1. The largest absolute Gasteiger partial charge is 0.465 e. The third-order valence-corrected chi connectivity index (χ3v) is 3.63. The van der Waals surface area contributed by atoms with Gasteiger partial charge in [0.25, 0.3) is 0 Å². The van der Waals surface area contributed by atoms with Crippen LogP contribution >= 0.6 is 11.6 Å². The molecule has 1 aromatic heterocycles. The van der Waals surface area contributed by atoms with Crippen LogP contribution in [0.4, 0.5) is 0 Å². The van der Waals surface area contributed by atoms with Crippen LogP contribution in [-0.2, 0) is 19.6 Å². The highest BCUT2D eigenvalue weighted by molar-refractivity contribution is 6.31. The fraction of sp³-hybridized carbons (Fsp3) is 0.375. The Kier molecular flexibility index (Phi) is 5.24. The quantitative estimate of drug-likeness (QED) is 0.882. The van der Waals surface area contributed by atoms with Gasteiger partial charge in [0.15, 0.2) is 0 Å². The average Bonchev–Trinajstić information content (AvgIpc) is 2.73. The third kappa shape index (κ3) is 3.85. The van der Waals surface area contributed by atoms with E-state index >= 15 is 0 Å². The van der Waals surface area contributed by atoms with E-state index in [1.807, 2.05) is 32.2 Å². The van der Waals surface area contributed by atoms with Crippen molar-refractivity contribution in [3.63, 3.8) is 0 Å². The predicted octanol–water partition coefficient (Wildman–Crippen LogP) is 3.59. The Labute approximate surface area is 125 Å². The number of aryl methyl sites for hydroxylation is 1. The predicted molar refractivity (Wildman–Crippen MR) is 82.8 cm³/mol. The van der Waals surface area contributed by atoms with Crippen LogP contribution in [0.1, 0.15) is 22.6 Å². The number of hydrogen-bond acceptors (Lipinski definition) is 3. The standard InChI is InChI=1S/C16H21ClN2O/c1-12-14(9-18-2)8-15(20-12)11-19(3)10-13-6-4-5-7-16(13)17/h4-8,18H,9-11H2,1-3H3. The third-order valence-electron chi connectivity index (χ3n) is 3.26. The Morgan fingerprint density at radius 2 is 1.95 bits per heavy atom. The summed E-state index contributed by atoms with van der Waals surface area (Å²) >= 11 is 6.18. The summed E-state index contributed by atoms with van der Waals surface area (Å²) in [5.41, 5.74) is 2.35. The molecule has 4 heteroatoms. The summed E-state index contributed by atoms with van der Waals surface area (Å²) in [4.78, 5) is 2.20. The number of nitrogens with zero attached hydrogens (tertiary/aromatic N) is 1. The van der Waals surface area contributed by atoms with Crippen molar-refractivity contribution in [1.29, 1.82) is 0 Å². The summed E-state index contributed by atoms with van der Waals surface area (Å²) in [6.07, 6.45) is 0. The van der Waals surface area contributed by atoms with Gasteiger partial charge in [-0.25, -0.2) is 0 Å². The molecule has 1 heterocycles. The molecule has 0 atom stereocenters. The first-order valence-electron chi connectivity index (χ1n) is 6.75. The first kappa shape index (κ1) is 15.1. The Bertz CT molecular complexity index is 565. The molecule has 0 aliphatic rings. The van der Waals surface area contributed by atoms with Gasteiger partial charge in [-0.3, -0.25) is 4.90 Å². The minimum atomic E-state index is 0.774. The van der Waals surface area contributed by atoms with Crippen molar-refractivity contribution in [3.05, 3.63) is 58.0 Å². The number of rotatable bonds is 6. The second-order valence-electron chi connectivity index (χ2n) is 5.09. The van der Waals surface area contributed by atoms with E-state index in [0.29, 0.717) is 0 Å². The molecular weight excluding hydrogens is 272 g/mol. The molecule has 2 rings (SSSR count). The van der Waals surface area contributed by atoms with Crippen LogP contribution < -0.4 is 5.32 Å². The lowest BCUT2D eigenvalue weighted by molar-refractivity contribution is 0.285. The maximum Gasteiger partial charge on any atom is 0.118 e. The molecule has 0 aliphatic carbocycles. The first-order chi connectivity index (χ1) is 9.60. The molecule has 2 aromatic rings. The van der Waals surface area contributed by atoms with Gasteiger partial charge in [0.1, 0.15) is 11.5 Å². The van der Waals surface area contributed by atoms with E-state index in [0.717, 1.165) is 41.7 Å². The molecule has 0 unspecified atom stereocenters. The molecule has 0 amide bonds. The Balaban J connectivity index is 1.99. The van der Waals surface area contributed by atoms with Crippen LogP contribution in [0.25, 0.3) is 0 Å². The Morgan fingerprint density at radius 3 is 2.65 bits per heavy atom. The minimum absolute atomic E-state index is 0.774. The van der Waals surface area contributed by atoms with E-state index in [-0.39, 0.29) is 0 Å². The molecule has 108 valence electrons. The number of nitrogens with one attached hydrogen (secondary N) is 1. The first-order valence-corrected chi connectivity index (χ1v) is 7.12. The van der Waals surface area contributed by atoms with E-state index in [1.165, 1.54) is 5.56 Å². The van der Waals surface area contributed by atoms with Crippen molar-refractivity contribution in [1.82, 2.24) is 10.2 Å². The molecule has 0 fully saturated rings. The molecule has 0 bridgehead atoms. The van der Waals surface area contributed by atoms with E-state index in [9.17, 15) is 0 Å². The monoisotopic (exact) mass is 292 g/mol. The average molecular weight is 293 g/mol. The summed E-state index contributed by atoms with van der Waals surface area (Å²) < 4.78 is 5.79. The summed E-state index contributed by atoms with van der Waals surface area (Å²) in [7, 11) is 4.01. The van der Waals surface area contributed by atoms with Crippen molar-refractivity contribution in [2.45, 2.75) is 26.6 Å². The lowest BCUT2D eigenvalue weighted by atomic mass is 10.2. The highest BCUT2D eigenvalue weighted by Crippen LogP contribution is 2.19. The molecule has 0 spiro atoms. The minimum Gasteiger partial charge on any atom is -0.465 e. The summed E-state index contributed by atoms with van der Waals surface area (Å²) in [5.74, 6) is 1.97. The van der Waals surface area contributed by atoms with Crippen LogP contribution in [0.2, 0.25) is 5.02 Å². The maximum atomic E-state index is 6.18. The molecule has 3 nitrogen and oxygen atoms in total. The van der Waals surface area contributed by atoms with Gasteiger partial charge in [0, 0.05) is 23.7 Å². The second-order valence-corrected chi connectivity index (χ2v) is 5.50. The van der Waals surface area contributed by atoms with Crippen molar-refractivity contribution >= 4 is 11.6 Å². The number of halogens is 1. The zero-order chi connectivity index (χ0) is 14.5. The summed E-state index contributed by atoms with van der Waals surface area (Å²) in [6.45, 7) is 4.42. The zero-order valence-electron chi connectivity index (χ0n) is 12.2. The van der Waals surface area contributed by atoms with Crippen LogP contribution in [0.3, 0.4) is 0 Å². The highest BCUT2D eigenvalue weighted by Gasteiger charge is 2.10. The molecule has 0 aliphatic heterocycles. The van der Waals surface area contributed by atoms with Crippen LogP contribution in [0.5, 0.6) is 0 Å². The van der Waals surface area contributed by atoms with Gasteiger partial charge in [-0.05, 0) is 38.7 Å². The highest BCUT2D eigenvalue weighted by atomic mass is 35.5. The van der Waals surface area contributed by atoms with Gasteiger partial charge in [-0.2, -0.15) is 0 Å². The van der Waals surface area contributed by atoms with Gasteiger partial charge in [0.05, 0.1) is 6.54 Å². The fourth-order valence-corrected chi connectivity index (χ4v) is 2.47. The summed E-state index contributed by atoms with van der Waals surface area (Å²) in [6, 6.07) is 10.1. The normalized spacial score (nSPS) is 11.2. The fourth-order valence-electron chi connectivity index (χ4n) is 2.27. The van der Waals surface area contributed by atoms with Crippen LogP contribution in [0, 0.1) is 6.92 Å². The van der Waals surface area contributed by atoms with Crippen LogP contribution in [-0.4, -0.2) is 19.0 Å². The molecule has 1 aromatic carbocycles. The van der Waals surface area contributed by atoms with Crippen LogP contribution in [0.15, 0.2) is 34.7 Å². The molecular formula is C16H21ClN2O. The maximum absolute atomic E-state index is 6.18. The Hall–Kier alpha value is -1.29. The van der Waals surface area contributed by atoms with Crippen molar-refractivity contribution in [3.8, 4) is 0 Å². The van der Waals surface area contributed by atoms with Gasteiger partial charge < -0.3 is 9.73 Å². The SMILES string of the molecule is CNCc1cc(CN(C)Cc2ccccc2Cl)oc1C. The molecule has 0 saturated carbocycles. The lowest BCUT2D eigenvalue weighted by Gasteiger charge is -2.15. The smallest absolute Gasteiger partial charge is 0.118 e. The van der Waals surface area contributed by atoms with E-state index in [2.05, 4.69) is 29.4 Å². The van der Waals surface area contributed by atoms with Crippen molar-refractivity contribution in [2.24, 2.45) is 0 Å². The Morgan fingerprint density at radius 1 is 1.20 bits per heavy atom. The van der Waals surface area contributed by atoms with Gasteiger partial charge in [0.2, 0.25) is 0 Å². The zero-order valence-corrected chi connectivity index (χ0v) is 13.0.